The summed E-state index contributed by atoms with van der Waals surface area (Å²) in [4.78, 5) is 0. The Morgan fingerprint density at radius 1 is 1.50 bits per heavy atom. The molecule has 1 aromatic rings. The summed E-state index contributed by atoms with van der Waals surface area (Å²) in [6.45, 7) is 0. The Balaban J connectivity index is 3.23. The van der Waals surface area contributed by atoms with Crippen LogP contribution in [0.15, 0.2) is 24.3 Å². The quantitative estimate of drug-likeness (QED) is 0.710. The second-order valence-corrected chi connectivity index (χ2v) is 4.87. The van der Waals surface area contributed by atoms with Crippen molar-refractivity contribution >= 4 is 26.8 Å². The van der Waals surface area contributed by atoms with E-state index in [1.807, 2.05) is 0 Å². The van der Waals surface area contributed by atoms with Crippen LogP contribution in [0.5, 0.6) is 0 Å². The first-order chi connectivity index (χ1) is 5.49. The molecular weight excluding hydrogens is 196 g/mol. The third kappa shape index (κ3) is 2.85. The van der Waals surface area contributed by atoms with Gasteiger partial charge >= 0.3 is 0 Å². The predicted molar refractivity (Wildman–Crippen MR) is 53.3 cm³/mol. The number of hydrogen-bond donors (Lipinski definition) is 1. The maximum atomic E-state index is 10.9. The molecule has 1 unspecified atom stereocenters. The largest absolute Gasteiger partial charge is 0.314 e. The zero-order valence-corrected chi connectivity index (χ0v) is 8.10. The van der Waals surface area contributed by atoms with Crippen molar-refractivity contribution in [2.75, 3.05) is 6.26 Å². The van der Waals surface area contributed by atoms with Gasteiger partial charge in [-0.2, -0.15) is 0 Å². The second-order valence-electron chi connectivity index (χ2n) is 2.50. The Hall–Kier alpha value is -0.510. The number of hydrogen-bond acceptors (Lipinski definition) is 1. The lowest BCUT2D eigenvalue weighted by Gasteiger charge is -1.97. The number of rotatable bonds is 1. The standard InChI is InChI=1S/C8H9ClO2S/c1-12(10,11)6-7-4-2-3-5-8(7)9/h2-6H,1H3,(H,10,11). The molecule has 1 rings (SSSR count). The smallest absolute Gasteiger partial charge is 0.0792 e. The molecule has 0 fully saturated rings. The molecule has 0 saturated heterocycles. The summed E-state index contributed by atoms with van der Waals surface area (Å²) in [5.41, 5.74) is 0.592. The molecule has 1 atom stereocenters. The minimum atomic E-state index is -2.86. The van der Waals surface area contributed by atoms with Gasteiger partial charge < -0.3 is 4.55 Å². The van der Waals surface area contributed by atoms with Crippen molar-refractivity contribution in [2.24, 2.45) is 0 Å². The zero-order valence-electron chi connectivity index (χ0n) is 6.53. The summed E-state index contributed by atoms with van der Waals surface area (Å²) in [5.74, 6) is 0. The molecule has 0 radical (unpaired) electrons. The van der Waals surface area contributed by atoms with Crippen LogP contribution in [-0.4, -0.2) is 20.4 Å². The topological polar surface area (TPSA) is 37.3 Å². The van der Waals surface area contributed by atoms with Crippen molar-refractivity contribution in [3.63, 3.8) is 0 Å². The van der Waals surface area contributed by atoms with Gasteiger partial charge in [0.2, 0.25) is 0 Å². The summed E-state index contributed by atoms with van der Waals surface area (Å²) >= 11 is 5.76. The van der Waals surface area contributed by atoms with Crippen molar-refractivity contribution in [1.29, 1.82) is 0 Å². The van der Waals surface area contributed by atoms with Crippen LogP contribution in [0.4, 0.5) is 0 Å². The van der Waals surface area contributed by atoms with E-state index in [1.165, 1.54) is 11.6 Å². The van der Waals surface area contributed by atoms with Gasteiger partial charge in [0, 0.05) is 22.2 Å². The first-order valence-corrected chi connectivity index (χ1v) is 5.66. The molecule has 0 saturated carbocycles. The molecule has 0 bridgehead atoms. The lowest BCUT2D eigenvalue weighted by Crippen LogP contribution is -1.99. The summed E-state index contributed by atoms with van der Waals surface area (Å²) in [7, 11) is -2.86. The fourth-order valence-corrected chi connectivity index (χ4v) is 1.74. The fourth-order valence-electron chi connectivity index (χ4n) is 0.806. The zero-order chi connectivity index (χ0) is 9.19. The van der Waals surface area contributed by atoms with E-state index in [4.69, 9.17) is 16.2 Å². The van der Waals surface area contributed by atoms with Crippen LogP contribution < -0.4 is 0 Å². The Bertz CT molecular complexity index is 384. The third-order valence-corrected chi connectivity index (χ3v) is 2.29. The molecule has 1 N–H and O–H groups in total. The number of benzene rings is 1. The van der Waals surface area contributed by atoms with Crippen LogP contribution in [0.3, 0.4) is 0 Å². The fraction of sp³-hybridized carbons (Fsp3) is 0.125. The van der Waals surface area contributed by atoms with Gasteiger partial charge in [-0.15, -0.1) is 0 Å². The molecule has 66 valence electrons. The van der Waals surface area contributed by atoms with Crippen molar-refractivity contribution in [1.82, 2.24) is 0 Å². The molecule has 1 aromatic carbocycles. The molecule has 0 aliphatic carbocycles. The van der Waals surface area contributed by atoms with E-state index in [1.54, 1.807) is 24.3 Å². The van der Waals surface area contributed by atoms with Gasteiger partial charge in [0.15, 0.2) is 0 Å². The highest BCUT2D eigenvalue weighted by atomic mass is 35.5. The Morgan fingerprint density at radius 2 is 2.08 bits per heavy atom. The molecule has 0 amide bonds. The van der Waals surface area contributed by atoms with E-state index < -0.39 is 9.80 Å². The number of halogens is 1. The van der Waals surface area contributed by atoms with Crippen molar-refractivity contribution in [3.8, 4) is 0 Å². The third-order valence-electron chi connectivity index (χ3n) is 1.25. The molecule has 0 spiro atoms. The van der Waals surface area contributed by atoms with E-state index in [2.05, 4.69) is 0 Å². The predicted octanol–water partition coefficient (Wildman–Crippen LogP) is 1.88. The molecule has 2 nitrogen and oxygen atoms in total. The van der Waals surface area contributed by atoms with Gasteiger partial charge in [-0.3, -0.25) is 0 Å². The van der Waals surface area contributed by atoms with Gasteiger partial charge in [0.1, 0.15) is 0 Å². The Labute approximate surface area is 77.0 Å². The minimum absolute atomic E-state index is 0.487. The summed E-state index contributed by atoms with van der Waals surface area (Å²) < 4.78 is 20.0. The highest BCUT2D eigenvalue weighted by molar-refractivity contribution is 7.95. The molecule has 0 heterocycles. The van der Waals surface area contributed by atoms with E-state index in [0.717, 1.165) is 0 Å². The van der Waals surface area contributed by atoms with Crippen molar-refractivity contribution in [3.05, 3.63) is 34.9 Å². The molecular formula is C8H9ClO2S. The van der Waals surface area contributed by atoms with Crippen LogP contribution >= 0.6 is 11.6 Å². The van der Waals surface area contributed by atoms with Crippen LogP contribution in [-0.2, 0) is 9.80 Å². The first kappa shape index (κ1) is 9.58. The van der Waals surface area contributed by atoms with Crippen molar-refractivity contribution in [2.45, 2.75) is 0 Å². The molecule has 0 aliphatic heterocycles. The van der Waals surface area contributed by atoms with Crippen molar-refractivity contribution < 1.29 is 8.76 Å². The maximum absolute atomic E-state index is 10.9. The van der Waals surface area contributed by atoms with E-state index in [-0.39, 0.29) is 0 Å². The van der Waals surface area contributed by atoms with E-state index >= 15 is 0 Å². The summed E-state index contributed by atoms with van der Waals surface area (Å²) in [5, 5.41) is 1.75. The normalized spacial score (nSPS) is 15.2. The molecule has 4 heteroatoms. The van der Waals surface area contributed by atoms with Crippen LogP contribution in [0.25, 0.3) is 0 Å². The van der Waals surface area contributed by atoms with Gasteiger partial charge in [-0.25, -0.2) is 4.21 Å². The molecule has 0 aliphatic rings. The monoisotopic (exact) mass is 204 g/mol. The maximum Gasteiger partial charge on any atom is 0.0792 e. The minimum Gasteiger partial charge on any atom is -0.314 e. The molecule has 0 aromatic heterocycles. The SMILES string of the molecule is CS(=O)(O)=Cc1ccccc1Cl. The van der Waals surface area contributed by atoms with Gasteiger partial charge in [0.05, 0.1) is 9.80 Å². The average Bonchev–Trinajstić information content (AvgIpc) is 1.91. The van der Waals surface area contributed by atoms with E-state index in [9.17, 15) is 4.21 Å². The van der Waals surface area contributed by atoms with E-state index in [0.29, 0.717) is 10.6 Å². The summed E-state index contributed by atoms with van der Waals surface area (Å²) in [6.07, 6.45) is 1.25. The highest BCUT2D eigenvalue weighted by Gasteiger charge is 1.97. The van der Waals surface area contributed by atoms with Crippen LogP contribution in [0, 0.1) is 0 Å². The van der Waals surface area contributed by atoms with Gasteiger partial charge in [-0.1, -0.05) is 29.8 Å². The molecule has 12 heavy (non-hydrogen) atoms. The van der Waals surface area contributed by atoms with Crippen LogP contribution in [0.1, 0.15) is 5.56 Å². The summed E-state index contributed by atoms with van der Waals surface area (Å²) in [6, 6.07) is 6.91. The van der Waals surface area contributed by atoms with Gasteiger partial charge in [0.25, 0.3) is 0 Å². The average molecular weight is 205 g/mol. The Kier molecular flexibility index (Phi) is 2.77. The first-order valence-electron chi connectivity index (χ1n) is 3.30. The lowest BCUT2D eigenvalue weighted by atomic mass is 10.2. The van der Waals surface area contributed by atoms with Crippen LogP contribution in [0.2, 0.25) is 5.02 Å². The Morgan fingerprint density at radius 3 is 2.58 bits per heavy atom. The lowest BCUT2D eigenvalue weighted by molar-refractivity contribution is 0.566. The highest BCUT2D eigenvalue weighted by Crippen LogP contribution is 2.12. The second kappa shape index (κ2) is 3.47. The van der Waals surface area contributed by atoms with Gasteiger partial charge in [-0.05, 0) is 6.07 Å².